The van der Waals surface area contributed by atoms with Gasteiger partial charge in [-0.05, 0) is 31.2 Å². The molecule has 0 aliphatic rings. The Morgan fingerprint density at radius 2 is 1.68 bits per heavy atom. The number of nitrogens with one attached hydrogen (secondary N) is 1. The van der Waals surface area contributed by atoms with E-state index in [0.29, 0.717) is 6.42 Å². The number of hydrogen-bond donors (Lipinski definition) is 1. The van der Waals surface area contributed by atoms with E-state index in [4.69, 9.17) is 0 Å². The maximum Gasteiger partial charge on any atom is 0.328 e. The number of carbonyl (C=O) groups excluding carboxylic acids is 1. The highest BCUT2D eigenvalue weighted by Gasteiger charge is 2.14. The fraction of sp³-hybridized carbons (Fsp3) is 0.263. The Morgan fingerprint density at radius 3 is 2.28 bits per heavy atom. The summed E-state index contributed by atoms with van der Waals surface area (Å²) in [7, 11) is 3.50. The van der Waals surface area contributed by atoms with Gasteiger partial charge in [0.2, 0.25) is 5.91 Å². The third-order valence-corrected chi connectivity index (χ3v) is 5.28. The van der Waals surface area contributed by atoms with Gasteiger partial charge in [0.15, 0.2) is 0 Å². The minimum absolute atomic E-state index is 0.0500. The molecule has 0 atom stereocenters. The minimum Gasteiger partial charge on any atom is -0.325 e. The molecule has 1 amide bonds. The summed E-state index contributed by atoms with van der Waals surface area (Å²) in [6.45, 7) is 3.87. The molecule has 25 heavy (non-hydrogen) atoms. The van der Waals surface area contributed by atoms with Gasteiger partial charge in [0.05, 0.1) is 16.7 Å². The number of nitrogens with zero attached hydrogens (tertiary/aromatic N) is 2. The zero-order valence-corrected chi connectivity index (χ0v) is 15.6. The number of rotatable bonds is 4. The first-order valence-corrected chi connectivity index (χ1v) is 8.96. The minimum atomic E-state index is -0.0831. The van der Waals surface area contributed by atoms with Crippen LogP contribution in [0.3, 0.4) is 0 Å². The summed E-state index contributed by atoms with van der Waals surface area (Å²) < 4.78 is 3.22. The highest BCUT2D eigenvalue weighted by Crippen LogP contribution is 2.36. The molecule has 0 bridgehead atoms. The summed E-state index contributed by atoms with van der Waals surface area (Å²) in [6.07, 6.45) is 0.403. The largest absolute Gasteiger partial charge is 0.328 e. The molecule has 5 nitrogen and oxygen atoms in total. The highest BCUT2D eigenvalue weighted by molar-refractivity contribution is 7.99. The lowest BCUT2D eigenvalue weighted by Gasteiger charge is -2.12. The molecule has 0 aliphatic heterocycles. The van der Waals surface area contributed by atoms with Crippen molar-refractivity contribution < 1.29 is 4.79 Å². The Hall–Kier alpha value is -2.47. The van der Waals surface area contributed by atoms with Gasteiger partial charge in [0, 0.05) is 30.3 Å². The molecule has 0 saturated carbocycles. The van der Waals surface area contributed by atoms with Gasteiger partial charge in [-0.3, -0.25) is 13.9 Å². The summed E-state index contributed by atoms with van der Waals surface area (Å²) in [5.74, 6) is -0.0500. The Bertz CT molecular complexity index is 1000. The molecule has 0 spiro atoms. The zero-order chi connectivity index (χ0) is 18.1. The van der Waals surface area contributed by atoms with Crippen molar-refractivity contribution in [3.8, 4) is 0 Å². The second-order valence-corrected chi connectivity index (χ2v) is 7.17. The van der Waals surface area contributed by atoms with Crippen molar-refractivity contribution in [1.82, 2.24) is 9.13 Å². The van der Waals surface area contributed by atoms with Crippen molar-refractivity contribution in [2.24, 2.45) is 14.1 Å². The van der Waals surface area contributed by atoms with E-state index in [1.165, 1.54) is 5.56 Å². The third kappa shape index (κ3) is 3.35. The van der Waals surface area contributed by atoms with E-state index >= 15 is 0 Å². The maximum atomic E-state index is 12.2. The molecule has 1 N–H and O–H groups in total. The van der Waals surface area contributed by atoms with E-state index in [9.17, 15) is 9.59 Å². The van der Waals surface area contributed by atoms with Gasteiger partial charge in [-0.15, -0.1) is 0 Å². The normalized spacial score (nSPS) is 11.0. The first kappa shape index (κ1) is 17.4. The van der Waals surface area contributed by atoms with Crippen LogP contribution in [-0.4, -0.2) is 15.0 Å². The van der Waals surface area contributed by atoms with Gasteiger partial charge in [0.1, 0.15) is 0 Å². The fourth-order valence-electron chi connectivity index (χ4n) is 2.68. The number of aromatic nitrogens is 2. The van der Waals surface area contributed by atoms with E-state index in [-0.39, 0.29) is 11.6 Å². The van der Waals surface area contributed by atoms with Crippen molar-refractivity contribution in [1.29, 1.82) is 0 Å². The zero-order valence-electron chi connectivity index (χ0n) is 14.8. The van der Waals surface area contributed by atoms with Gasteiger partial charge in [0.25, 0.3) is 0 Å². The van der Waals surface area contributed by atoms with E-state index in [2.05, 4.69) is 29.6 Å². The molecule has 0 radical (unpaired) electrons. The van der Waals surface area contributed by atoms with Crippen LogP contribution >= 0.6 is 11.8 Å². The van der Waals surface area contributed by atoms with Crippen molar-refractivity contribution in [3.63, 3.8) is 0 Å². The molecule has 1 aromatic heterocycles. The van der Waals surface area contributed by atoms with Crippen LogP contribution in [0.1, 0.15) is 18.9 Å². The SMILES string of the molecule is CCC(=O)Nc1cc2c(cc1Sc1ccc(C)cc1)n(C)c(=O)n2C. The molecule has 0 unspecified atom stereocenters. The highest BCUT2D eigenvalue weighted by atomic mass is 32.2. The van der Waals surface area contributed by atoms with Crippen LogP contribution in [0.15, 0.2) is 51.0 Å². The molecule has 6 heteroatoms. The molecule has 1 heterocycles. The number of aryl methyl sites for hydroxylation is 3. The number of fused-ring (bicyclic) bond motifs is 1. The average Bonchev–Trinajstić information content (AvgIpc) is 2.81. The topological polar surface area (TPSA) is 56.0 Å². The second-order valence-electron chi connectivity index (χ2n) is 6.05. The molecule has 130 valence electrons. The number of anilines is 1. The summed E-state index contributed by atoms with van der Waals surface area (Å²) in [5.41, 5.74) is 3.49. The van der Waals surface area contributed by atoms with Crippen LogP contribution in [0.25, 0.3) is 11.0 Å². The van der Waals surface area contributed by atoms with Crippen LogP contribution in [0.5, 0.6) is 0 Å². The number of hydrogen-bond acceptors (Lipinski definition) is 3. The second kappa shape index (κ2) is 6.80. The van der Waals surface area contributed by atoms with Crippen molar-refractivity contribution in [3.05, 3.63) is 52.4 Å². The maximum absolute atomic E-state index is 12.2. The Labute approximate surface area is 150 Å². The van der Waals surface area contributed by atoms with Crippen molar-refractivity contribution in [2.75, 3.05) is 5.32 Å². The Kier molecular flexibility index (Phi) is 4.72. The van der Waals surface area contributed by atoms with Gasteiger partial charge in [-0.2, -0.15) is 0 Å². The monoisotopic (exact) mass is 355 g/mol. The van der Waals surface area contributed by atoms with Gasteiger partial charge in [-0.25, -0.2) is 4.79 Å². The van der Waals surface area contributed by atoms with Gasteiger partial charge in [-0.1, -0.05) is 36.4 Å². The van der Waals surface area contributed by atoms with Gasteiger partial charge < -0.3 is 5.32 Å². The number of imidazole rings is 1. The molecule has 3 aromatic rings. The molecular weight excluding hydrogens is 334 g/mol. The van der Waals surface area contributed by atoms with Crippen molar-refractivity contribution in [2.45, 2.75) is 30.1 Å². The summed E-state index contributed by atoms with van der Waals surface area (Å²) in [4.78, 5) is 26.1. The number of benzene rings is 2. The van der Waals surface area contributed by atoms with Crippen LogP contribution < -0.4 is 11.0 Å². The van der Waals surface area contributed by atoms with Gasteiger partial charge >= 0.3 is 5.69 Å². The summed E-state index contributed by atoms with van der Waals surface area (Å²) in [5, 5.41) is 2.96. The quantitative estimate of drug-likeness (QED) is 0.777. The van der Waals surface area contributed by atoms with E-state index in [1.54, 1.807) is 35.0 Å². The molecule has 2 aromatic carbocycles. The smallest absolute Gasteiger partial charge is 0.325 e. The van der Waals surface area contributed by atoms with E-state index in [1.807, 2.05) is 26.0 Å². The fourth-order valence-corrected chi connectivity index (χ4v) is 3.60. The number of carbonyl (C=O) groups is 1. The number of amides is 1. The first-order valence-electron chi connectivity index (χ1n) is 8.14. The lowest BCUT2D eigenvalue weighted by molar-refractivity contribution is -0.115. The Balaban J connectivity index is 2.14. The van der Waals surface area contributed by atoms with Crippen LogP contribution in [0.4, 0.5) is 5.69 Å². The summed E-state index contributed by atoms with van der Waals surface area (Å²) in [6, 6.07) is 12.1. The predicted octanol–water partition coefficient (Wildman–Crippen LogP) is 3.69. The lowest BCUT2D eigenvalue weighted by atomic mass is 10.2. The average molecular weight is 355 g/mol. The molecule has 0 aliphatic carbocycles. The van der Waals surface area contributed by atoms with Crippen LogP contribution in [0.2, 0.25) is 0 Å². The Morgan fingerprint density at radius 1 is 1.08 bits per heavy atom. The standard InChI is InChI=1S/C19H21N3O2S/c1-5-18(23)20-14-10-15-16(22(4)19(24)21(15)3)11-17(14)25-13-8-6-12(2)7-9-13/h6-11H,5H2,1-4H3,(H,20,23). The van der Waals surface area contributed by atoms with E-state index in [0.717, 1.165) is 26.5 Å². The predicted molar refractivity (Wildman–Crippen MR) is 102 cm³/mol. The first-order chi connectivity index (χ1) is 11.9. The third-order valence-electron chi connectivity index (χ3n) is 4.22. The molecule has 3 rings (SSSR count). The molecule has 0 fully saturated rings. The van der Waals surface area contributed by atoms with E-state index < -0.39 is 0 Å². The van der Waals surface area contributed by atoms with Crippen molar-refractivity contribution >= 4 is 34.4 Å². The summed E-state index contributed by atoms with van der Waals surface area (Å²) >= 11 is 1.57. The van der Waals surface area contributed by atoms with Crippen LogP contribution in [-0.2, 0) is 18.9 Å². The lowest BCUT2D eigenvalue weighted by Crippen LogP contribution is -2.19. The molecule has 0 saturated heterocycles. The molecular formula is C19H21N3O2S. The van der Waals surface area contributed by atoms with Crippen LogP contribution in [0, 0.1) is 6.92 Å².